The summed E-state index contributed by atoms with van der Waals surface area (Å²) in [5.41, 5.74) is 2.56. The minimum atomic E-state index is -0.203. The Morgan fingerprint density at radius 2 is 1.93 bits per heavy atom. The second kappa shape index (κ2) is 8.53. The Morgan fingerprint density at radius 1 is 1.21 bits per heavy atom. The summed E-state index contributed by atoms with van der Waals surface area (Å²) in [4.78, 5) is 17.1. The highest BCUT2D eigenvalue weighted by Gasteiger charge is 2.21. The molecule has 8 nitrogen and oxygen atoms in total. The standard InChI is InChI=1S/C19H23N7O.ClH/c1-13-11-21-26(12-13)16-5-3-15(4-6-16)18(27)23-19-22-17(24-25(19)2)14-7-9-20-10-8-14;/h3-6,11-12,14,20H,7-10H2,1-2H3,(H,22,23,24,27);1H. The molecule has 1 saturated heterocycles. The first kappa shape index (κ1) is 20.0. The van der Waals surface area contributed by atoms with Crippen molar-refractivity contribution in [1.82, 2.24) is 29.9 Å². The molecule has 1 aromatic carbocycles. The Bertz CT molecular complexity index is 942. The molecule has 3 aromatic rings. The molecule has 0 aliphatic carbocycles. The van der Waals surface area contributed by atoms with Crippen LogP contribution < -0.4 is 10.6 Å². The highest BCUT2D eigenvalue weighted by molar-refractivity contribution is 6.03. The third-order valence-electron chi connectivity index (χ3n) is 4.81. The Balaban J connectivity index is 0.00000225. The molecule has 0 atom stereocenters. The number of anilines is 1. The van der Waals surface area contributed by atoms with Crippen LogP contribution in [0.2, 0.25) is 0 Å². The predicted molar refractivity (Wildman–Crippen MR) is 109 cm³/mol. The number of hydrogen-bond acceptors (Lipinski definition) is 5. The van der Waals surface area contributed by atoms with Gasteiger partial charge in [-0.15, -0.1) is 12.4 Å². The first-order valence-electron chi connectivity index (χ1n) is 9.15. The Hall–Kier alpha value is -2.71. The lowest BCUT2D eigenvalue weighted by atomic mass is 9.98. The number of halogens is 1. The summed E-state index contributed by atoms with van der Waals surface area (Å²) in [7, 11) is 1.80. The van der Waals surface area contributed by atoms with E-state index in [2.05, 4.69) is 25.8 Å². The largest absolute Gasteiger partial charge is 0.317 e. The maximum Gasteiger partial charge on any atom is 0.258 e. The fraction of sp³-hybridized carbons (Fsp3) is 0.368. The molecule has 1 fully saturated rings. The van der Waals surface area contributed by atoms with Crippen molar-refractivity contribution in [3.63, 3.8) is 0 Å². The fourth-order valence-electron chi connectivity index (χ4n) is 3.26. The molecule has 0 spiro atoms. The number of aromatic nitrogens is 5. The summed E-state index contributed by atoms with van der Waals surface area (Å²) in [5.74, 6) is 1.42. The average molecular weight is 402 g/mol. The van der Waals surface area contributed by atoms with Crippen LogP contribution in [-0.4, -0.2) is 43.5 Å². The molecule has 2 aromatic heterocycles. The topological polar surface area (TPSA) is 89.7 Å². The van der Waals surface area contributed by atoms with E-state index in [-0.39, 0.29) is 18.3 Å². The minimum absolute atomic E-state index is 0. The number of rotatable bonds is 4. The van der Waals surface area contributed by atoms with Crippen LogP contribution in [-0.2, 0) is 7.05 Å². The SMILES string of the molecule is Cc1cnn(-c2ccc(C(=O)Nc3nc(C4CCNCC4)nn3C)cc2)c1.Cl. The van der Waals surface area contributed by atoms with E-state index < -0.39 is 0 Å². The zero-order chi connectivity index (χ0) is 18.8. The lowest BCUT2D eigenvalue weighted by Crippen LogP contribution is -2.27. The average Bonchev–Trinajstić information content (AvgIpc) is 3.29. The lowest BCUT2D eigenvalue weighted by Gasteiger charge is -2.19. The van der Waals surface area contributed by atoms with Crippen molar-refractivity contribution >= 4 is 24.3 Å². The number of aryl methyl sites for hydroxylation is 2. The van der Waals surface area contributed by atoms with E-state index in [0.29, 0.717) is 17.4 Å². The Morgan fingerprint density at radius 3 is 2.57 bits per heavy atom. The third kappa shape index (κ3) is 4.23. The zero-order valence-corrected chi connectivity index (χ0v) is 16.7. The van der Waals surface area contributed by atoms with Crippen LogP contribution >= 0.6 is 12.4 Å². The van der Waals surface area contributed by atoms with Gasteiger partial charge in [-0.1, -0.05) is 0 Å². The summed E-state index contributed by atoms with van der Waals surface area (Å²) in [6, 6.07) is 7.31. The van der Waals surface area contributed by atoms with Gasteiger partial charge in [-0.2, -0.15) is 15.2 Å². The van der Waals surface area contributed by atoms with E-state index in [0.717, 1.165) is 43.0 Å². The molecular weight excluding hydrogens is 378 g/mol. The Labute approximate surface area is 169 Å². The van der Waals surface area contributed by atoms with E-state index >= 15 is 0 Å². The minimum Gasteiger partial charge on any atom is -0.317 e. The number of carbonyl (C=O) groups is 1. The van der Waals surface area contributed by atoms with Crippen LogP contribution in [0.4, 0.5) is 5.95 Å². The van der Waals surface area contributed by atoms with E-state index in [1.807, 2.05) is 25.3 Å². The number of amides is 1. The molecule has 148 valence electrons. The maximum atomic E-state index is 12.6. The predicted octanol–water partition coefficient (Wildman–Crippen LogP) is 2.45. The van der Waals surface area contributed by atoms with Crippen molar-refractivity contribution in [3.05, 3.63) is 53.6 Å². The van der Waals surface area contributed by atoms with Crippen LogP contribution in [0.3, 0.4) is 0 Å². The van der Waals surface area contributed by atoms with Gasteiger partial charge >= 0.3 is 0 Å². The number of carbonyl (C=O) groups excluding carboxylic acids is 1. The molecular formula is C19H24ClN7O. The fourth-order valence-corrected chi connectivity index (χ4v) is 3.26. The molecule has 0 unspecified atom stereocenters. The normalized spacial score (nSPS) is 14.5. The van der Waals surface area contributed by atoms with Crippen molar-refractivity contribution < 1.29 is 4.79 Å². The molecule has 4 rings (SSSR count). The van der Waals surface area contributed by atoms with E-state index in [4.69, 9.17) is 0 Å². The van der Waals surface area contributed by atoms with E-state index in [1.54, 1.807) is 34.7 Å². The first-order valence-corrected chi connectivity index (χ1v) is 9.15. The van der Waals surface area contributed by atoms with Gasteiger partial charge < -0.3 is 5.32 Å². The van der Waals surface area contributed by atoms with Crippen molar-refractivity contribution in [2.24, 2.45) is 7.05 Å². The van der Waals surface area contributed by atoms with Gasteiger partial charge in [-0.3, -0.25) is 10.1 Å². The molecule has 0 saturated carbocycles. The molecule has 0 radical (unpaired) electrons. The number of nitrogens with zero attached hydrogens (tertiary/aromatic N) is 5. The van der Waals surface area contributed by atoms with Gasteiger partial charge in [-0.25, -0.2) is 9.36 Å². The van der Waals surface area contributed by atoms with Crippen molar-refractivity contribution in [2.75, 3.05) is 18.4 Å². The van der Waals surface area contributed by atoms with Crippen LogP contribution in [0.1, 0.15) is 40.5 Å². The van der Waals surface area contributed by atoms with Gasteiger partial charge in [0.15, 0.2) is 5.82 Å². The number of benzene rings is 1. The summed E-state index contributed by atoms with van der Waals surface area (Å²) >= 11 is 0. The van der Waals surface area contributed by atoms with E-state index in [1.165, 1.54) is 0 Å². The molecule has 9 heteroatoms. The van der Waals surface area contributed by atoms with Gasteiger partial charge in [0.2, 0.25) is 5.95 Å². The van der Waals surface area contributed by atoms with Gasteiger partial charge in [0.1, 0.15) is 0 Å². The molecule has 1 aliphatic heterocycles. The summed E-state index contributed by atoms with van der Waals surface area (Å²) in [6.45, 7) is 3.95. The van der Waals surface area contributed by atoms with Gasteiger partial charge in [0.05, 0.1) is 11.9 Å². The molecule has 1 amide bonds. The maximum absolute atomic E-state index is 12.6. The molecule has 28 heavy (non-hydrogen) atoms. The molecule has 2 N–H and O–H groups in total. The zero-order valence-electron chi connectivity index (χ0n) is 15.9. The summed E-state index contributed by atoms with van der Waals surface area (Å²) in [5, 5.41) is 15.0. The highest BCUT2D eigenvalue weighted by Crippen LogP contribution is 2.23. The van der Waals surface area contributed by atoms with Gasteiger partial charge in [-0.05, 0) is 62.7 Å². The monoisotopic (exact) mass is 401 g/mol. The smallest absolute Gasteiger partial charge is 0.258 e. The Kier molecular flexibility index (Phi) is 6.11. The quantitative estimate of drug-likeness (QED) is 0.700. The number of piperidine rings is 1. The molecule has 3 heterocycles. The van der Waals surface area contributed by atoms with Gasteiger partial charge in [0.25, 0.3) is 5.91 Å². The van der Waals surface area contributed by atoms with Crippen LogP contribution in [0, 0.1) is 6.92 Å². The van der Waals surface area contributed by atoms with Crippen molar-refractivity contribution in [1.29, 1.82) is 0 Å². The van der Waals surface area contributed by atoms with E-state index in [9.17, 15) is 4.79 Å². The van der Waals surface area contributed by atoms with Gasteiger partial charge in [0, 0.05) is 24.7 Å². The lowest BCUT2D eigenvalue weighted by molar-refractivity contribution is 0.102. The number of nitrogens with one attached hydrogen (secondary N) is 2. The first-order chi connectivity index (χ1) is 13.1. The highest BCUT2D eigenvalue weighted by atomic mass is 35.5. The van der Waals surface area contributed by atoms with Crippen molar-refractivity contribution in [2.45, 2.75) is 25.7 Å². The third-order valence-corrected chi connectivity index (χ3v) is 4.81. The molecule has 0 bridgehead atoms. The van der Waals surface area contributed by atoms with Crippen molar-refractivity contribution in [3.8, 4) is 5.69 Å². The summed E-state index contributed by atoms with van der Waals surface area (Å²) < 4.78 is 3.42. The second-order valence-corrected chi connectivity index (χ2v) is 6.90. The van der Waals surface area contributed by atoms with Crippen LogP contribution in [0.25, 0.3) is 5.69 Å². The van der Waals surface area contributed by atoms with Crippen LogP contribution in [0.15, 0.2) is 36.7 Å². The second-order valence-electron chi connectivity index (χ2n) is 6.90. The van der Waals surface area contributed by atoms with Crippen LogP contribution in [0.5, 0.6) is 0 Å². The molecule has 1 aliphatic rings. The summed E-state index contributed by atoms with van der Waals surface area (Å²) in [6.07, 6.45) is 5.78. The number of hydrogen-bond donors (Lipinski definition) is 2.